The van der Waals surface area contributed by atoms with Crippen molar-refractivity contribution in [1.82, 2.24) is 0 Å². The van der Waals surface area contributed by atoms with E-state index in [1.54, 1.807) is 13.8 Å². The fourth-order valence-electron chi connectivity index (χ4n) is 1.84. The van der Waals surface area contributed by atoms with Gasteiger partial charge in [-0.2, -0.15) is 0 Å². The Morgan fingerprint density at radius 3 is 2.60 bits per heavy atom. The summed E-state index contributed by atoms with van der Waals surface area (Å²) in [5.74, 6) is -0.755. The lowest BCUT2D eigenvalue weighted by Crippen LogP contribution is -2.63. The molecule has 2 aliphatic rings. The highest BCUT2D eigenvalue weighted by molar-refractivity contribution is 7.80. The van der Waals surface area contributed by atoms with Gasteiger partial charge in [-0.15, -0.1) is 12.6 Å². The minimum absolute atomic E-state index is 0.332. The standard InChI is InChI=1S/C9H16O5S/c1-9(2)12-3-4-7(14-9)5(10)6(11)8(15)13-4/h4-8,10-11,15H,3H2,1-2H3/t4-,5-,6-,7-,8+/m1/s1. The maximum Gasteiger partial charge on any atom is 0.163 e. The van der Waals surface area contributed by atoms with Crippen molar-refractivity contribution in [2.24, 2.45) is 0 Å². The molecule has 0 amide bonds. The summed E-state index contributed by atoms with van der Waals surface area (Å²) in [6, 6.07) is 0. The van der Waals surface area contributed by atoms with E-state index in [0.29, 0.717) is 6.61 Å². The number of fused-ring (bicyclic) bond motifs is 1. The summed E-state index contributed by atoms with van der Waals surface area (Å²) < 4.78 is 16.3. The number of thiol groups is 1. The van der Waals surface area contributed by atoms with Crippen molar-refractivity contribution in [2.45, 2.75) is 49.5 Å². The summed E-state index contributed by atoms with van der Waals surface area (Å²) in [7, 11) is 0. The summed E-state index contributed by atoms with van der Waals surface area (Å²) in [6.45, 7) is 3.85. The Morgan fingerprint density at radius 2 is 1.93 bits per heavy atom. The molecule has 2 rings (SSSR count). The van der Waals surface area contributed by atoms with E-state index in [1.165, 1.54) is 0 Å². The fourth-order valence-corrected chi connectivity index (χ4v) is 2.18. The third-order valence-electron chi connectivity index (χ3n) is 2.67. The zero-order valence-corrected chi connectivity index (χ0v) is 9.55. The van der Waals surface area contributed by atoms with Gasteiger partial charge in [0.05, 0.1) is 6.61 Å². The van der Waals surface area contributed by atoms with Gasteiger partial charge in [-0.3, -0.25) is 0 Å². The van der Waals surface area contributed by atoms with E-state index in [-0.39, 0.29) is 6.10 Å². The Bertz CT molecular complexity index is 245. The molecule has 6 heteroatoms. The monoisotopic (exact) mass is 236 g/mol. The van der Waals surface area contributed by atoms with Gasteiger partial charge < -0.3 is 24.4 Å². The lowest BCUT2D eigenvalue weighted by molar-refractivity contribution is -0.350. The van der Waals surface area contributed by atoms with Crippen LogP contribution in [0.15, 0.2) is 0 Å². The van der Waals surface area contributed by atoms with Gasteiger partial charge in [0, 0.05) is 0 Å². The summed E-state index contributed by atoms with van der Waals surface area (Å²) in [5, 5.41) is 19.4. The minimum Gasteiger partial charge on any atom is -0.387 e. The van der Waals surface area contributed by atoms with Gasteiger partial charge in [-0.25, -0.2) is 0 Å². The van der Waals surface area contributed by atoms with Gasteiger partial charge in [-0.05, 0) is 13.8 Å². The van der Waals surface area contributed by atoms with E-state index >= 15 is 0 Å². The Morgan fingerprint density at radius 1 is 1.27 bits per heavy atom. The Kier molecular flexibility index (Phi) is 3.00. The highest BCUT2D eigenvalue weighted by Gasteiger charge is 2.49. The third kappa shape index (κ3) is 2.15. The molecule has 88 valence electrons. The molecule has 2 fully saturated rings. The number of rotatable bonds is 0. The zero-order valence-electron chi connectivity index (χ0n) is 8.66. The highest BCUT2D eigenvalue weighted by Crippen LogP contribution is 2.32. The number of ether oxygens (including phenoxy) is 3. The first kappa shape index (κ1) is 11.6. The molecule has 0 bridgehead atoms. The fraction of sp³-hybridized carbons (Fsp3) is 1.00. The molecule has 0 aromatic rings. The topological polar surface area (TPSA) is 68.2 Å². The quantitative estimate of drug-likeness (QED) is 0.495. The smallest absolute Gasteiger partial charge is 0.163 e. The molecule has 0 unspecified atom stereocenters. The number of hydrogen-bond donors (Lipinski definition) is 3. The van der Waals surface area contributed by atoms with Crippen LogP contribution < -0.4 is 0 Å². The molecule has 0 radical (unpaired) electrons. The molecule has 0 saturated carbocycles. The first-order valence-corrected chi connectivity index (χ1v) is 5.44. The summed E-state index contributed by atoms with van der Waals surface area (Å²) in [5.41, 5.74) is -0.699. The second kappa shape index (κ2) is 3.87. The van der Waals surface area contributed by atoms with Crippen LogP contribution in [-0.2, 0) is 14.2 Å². The van der Waals surface area contributed by atoms with Gasteiger partial charge in [0.2, 0.25) is 0 Å². The van der Waals surface area contributed by atoms with Gasteiger partial charge in [0.1, 0.15) is 29.9 Å². The van der Waals surface area contributed by atoms with E-state index in [0.717, 1.165) is 0 Å². The van der Waals surface area contributed by atoms with Crippen LogP contribution in [0.2, 0.25) is 0 Å². The van der Waals surface area contributed by atoms with Crippen LogP contribution in [0, 0.1) is 0 Å². The number of hydrogen-bond acceptors (Lipinski definition) is 6. The van der Waals surface area contributed by atoms with E-state index in [9.17, 15) is 10.2 Å². The van der Waals surface area contributed by atoms with Crippen LogP contribution >= 0.6 is 12.6 Å². The zero-order chi connectivity index (χ0) is 11.2. The van der Waals surface area contributed by atoms with Crippen LogP contribution in [0.25, 0.3) is 0 Å². The predicted molar refractivity (Wildman–Crippen MR) is 54.6 cm³/mol. The molecular weight excluding hydrogens is 220 g/mol. The van der Waals surface area contributed by atoms with E-state index in [4.69, 9.17) is 14.2 Å². The maximum atomic E-state index is 9.82. The Balaban J connectivity index is 2.12. The second-order valence-corrected chi connectivity index (χ2v) is 4.85. The van der Waals surface area contributed by atoms with Crippen molar-refractivity contribution in [2.75, 3.05) is 6.61 Å². The van der Waals surface area contributed by atoms with Crippen LogP contribution in [0.3, 0.4) is 0 Å². The van der Waals surface area contributed by atoms with E-state index in [2.05, 4.69) is 12.6 Å². The summed E-state index contributed by atoms with van der Waals surface area (Å²) in [6.07, 6.45) is -2.97. The molecule has 0 aliphatic carbocycles. The van der Waals surface area contributed by atoms with Crippen LogP contribution in [0.4, 0.5) is 0 Å². The van der Waals surface area contributed by atoms with Crippen molar-refractivity contribution in [3.05, 3.63) is 0 Å². The van der Waals surface area contributed by atoms with Crippen molar-refractivity contribution in [3.63, 3.8) is 0 Å². The lowest BCUT2D eigenvalue weighted by atomic mass is 9.98. The SMILES string of the molecule is CC1(C)OC[C@H]2O[C@@H](S)[C@H](O)[C@@H](O)[C@@H]2O1. The largest absolute Gasteiger partial charge is 0.387 e. The van der Waals surface area contributed by atoms with Crippen LogP contribution in [0.5, 0.6) is 0 Å². The average molecular weight is 236 g/mol. The van der Waals surface area contributed by atoms with Crippen LogP contribution in [-0.4, -0.2) is 52.5 Å². The average Bonchev–Trinajstić information content (AvgIpc) is 2.16. The van der Waals surface area contributed by atoms with Crippen molar-refractivity contribution in [3.8, 4) is 0 Å². The molecule has 2 aliphatic heterocycles. The molecule has 0 spiro atoms. The normalized spacial score (nSPS) is 49.8. The molecule has 15 heavy (non-hydrogen) atoms. The molecular formula is C9H16O5S. The Labute approximate surface area is 93.7 Å². The van der Waals surface area contributed by atoms with Crippen molar-refractivity contribution >= 4 is 12.6 Å². The van der Waals surface area contributed by atoms with Gasteiger partial charge in [0.25, 0.3) is 0 Å². The summed E-state index contributed by atoms with van der Waals surface area (Å²) in [4.78, 5) is 0. The molecule has 2 N–H and O–H groups in total. The third-order valence-corrected chi connectivity index (χ3v) is 3.10. The van der Waals surface area contributed by atoms with Gasteiger partial charge in [-0.1, -0.05) is 0 Å². The van der Waals surface area contributed by atoms with Gasteiger partial charge >= 0.3 is 0 Å². The van der Waals surface area contributed by atoms with Crippen LogP contribution in [0.1, 0.15) is 13.8 Å². The number of aliphatic hydroxyl groups excluding tert-OH is 2. The van der Waals surface area contributed by atoms with Crippen molar-refractivity contribution < 1.29 is 24.4 Å². The molecule has 0 aromatic heterocycles. The predicted octanol–water partition coefficient (Wildman–Crippen LogP) is -0.486. The molecule has 0 aromatic carbocycles. The Hall–Kier alpha value is 0.150. The molecule has 2 heterocycles. The first-order chi connectivity index (χ1) is 6.91. The maximum absolute atomic E-state index is 9.82. The molecule has 5 nitrogen and oxygen atoms in total. The van der Waals surface area contributed by atoms with Gasteiger partial charge in [0.15, 0.2) is 5.79 Å². The highest BCUT2D eigenvalue weighted by atomic mass is 32.1. The first-order valence-electron chi connectivity index (χ1n) is 4.92. The molecule has 5 atom stereocenters. The molecule has 2 saturated heterocycles. The summed E-state index contributed by atoms with van der Waals surface area (Å²) >= 11 is 4.03. The minimum atomic E-state index is -1.04. The van der Waals surface area contributed by atoms with Crippen molar-refractivity contribution in [1.29, 1.82) is 0 Å². The van der Waals surface area contributed by atoms with E-state index in [1.807, 2.05) is 0 Å². The second-order valence-electron chi connectivity index (χ2n) is 4.34. The number of aliphatic hydroxyl groups is 2. The van der Waals surface area contributed by atoms with E-state index < -0.39 is 29.5 Å². The lowest BCUT2D eigenvalue weighted by Gasteiger charge is -2.47.